The summed E-state index contributed by atoms with van der Waals surface area (Å²) in [5, 5.41) is 6.16. The van der Waals surface area contributed by atoms with Crippen LogP contribution in [0.3, 0.4) is 0 Å². The molecule has 4 rings (SSSR count). The fraction of sp³-hybridized carbons (Fsp3) is 0.333. The number of rotatable bonds is 5. The van der Waals surface area contributed by atoms with Crippen LogP contribution in [0.1, 0.15) is 24.1 Å². The lowest BCUT2D eigenvalue weighted by atomic mass is 9.97. The van der Waals surface area contributed by atoms with Gasteiger partial charge in [-0.15, -0.1) is 11.3 Å². The molecule has 0 aliphatic carbocycles. The molecular formula is C21H23N5OS. The summed E-state index contributed by atoms with van der Waals surface area (Å²) in [6.45, 7) is 4.07. The maximum atomic E-state index is 12.7. The van der Waals surface area contributed by atoms with Crippen LogP contribution in [0.15, 0.2) is 48.1 Å². The highest BCUT2D eigenvalue weighted by atomic mass is 32.1. The number of aromatic nitrogens is 3. The van der Waals surface area contributed by atoms with Crippen LogP contribution < -0.4 is 10.2 Å². The predicted octanol–water partition coefficient (Wildman–Crippen LogP) is 3.44. The molecule has 0 unspecified atom stereocenters. The van der Waals surface area contributed by atoms with E-state index in [1.54, 1.807) is 29.8 Å². The minimum absolute atomic E-state index is 0.0395. The molecular weight excluding hydrogens is 370 g/mol. The average Bonchev–Trinajstić information content (AvgIpc) is 3.19. The molecule has 1 aliphatic rings. The smallest absolute Gasteiger partial charge is 0.225 e. The second-order valence-electron chi connectivity index (χ2n) is 7.05. The van der Waals surface area contributed by atoms with E-state index in [1.165, 1.54) is 0 Å². The summed E-state index contributed by atoms with van der Waals surface area (Å²) in [4.78, 5) is 28.0. The van der Waals surface area contributed by atoms with Gasteiger partial charge >= 0.3 is 0 Å². The summed E-state index contributed by atoms with van der Waals surface area (Å²) < 4.78 is 0. The molecule has 6 nitrogen and oxygen atoms in total. The maximum absolute atomic E-state index is 12.7. The van der Waals surface area contributed by atoms with Crippen molar-refractivity contribution in [3.63, 3.8) is 0 Å². The molecule has 0 radical (unpaired) electrons. The van der Waals surface area contributed by atoms with Crippen molar-refractivity contribution in [1.29, 1.82) is 0 Å². The fourth-order valence-electron chi connectivity index (χ4n) is 3.46. The average molecular weight is 394 g/mol. The van der Waals surface area contributed by atoms with Gasteiger partial charge in [0.2, 0.25) is 11.9 Å². The van der Waals surface area contributed by atoms with E-state index >= 15 is 0 Å². The summed E-state index contributed by atoms with van der Waals surface area (Å²) in [5.41, 5.74) is 3.20. The number of hydrogen-bond acceptors (Lipinski definition) is 6. The highest BCUT2D eigenvalue weighted by Crippen LogP contribution is 2.24. The summed E-state index contributed by atoms with van der Waals surface area (Å²) in [5.74, 6) is 0.755. The third kappa shape index (κ3) is 4.36. The number of benzene rings is 1. The molecule has 1 atom stereocenters. The van der Waals surface area contributed by atoms with Gasteiger partial charge in [0.05, 0.1) is 5.92 Å². The SMILES string of the molecule is Cc1csc(-c2cccc(CNC(=O)[C@@H]3CCCN(c4ncccn4)C3)c2)n1. The summed E-state index contributed by atoms with van der Waals surface area (Å²) in [6.07, 6.45) is 5.34. The van der Waals surface area contributed by atoms with Crippen molar-refractivity contribution in [2.45, 2.75) is 26.3 Å². The van der Waals surface area contributed by atoms with E-state index < -0.39 is 0 Å². The van der Waals surface area contributed by atoms with Crippen LogP contribution in [0.5, 0.6) is 0 Å². The number of nitrogens with zero attached hydrogens (tertiary/aromatic N) is 4. The summed E-state index contributed by atoms with van der Waals surface area (Å²) in [7, 11) is 0. The highest BCUT2D eigenvalue weighted by molar-refractivity contribution is 7.13. The number of aryl methyl sites for hydroxylation is 1. The van der Waals surface area contributed by atoms with E-state index in [-0.39, 0.29) is 11.8 Å². The van der Waals surface area contributed by atoms with Gasteiger partial charge in [-0.05, 0) is 37.5 Å². The Bertz CT molecular complexity index is 943. The third-order valence-electron chi connectivity index (χ3n) is 4.89. The number of carbonyl (C=O) groups excluding carboxylic acids is 1. The third-order valence-corrected chi connectivity index (χ3v) is 5.90. The summed E-state index contributed by atoms with van der Waals surface area (Å²) >= 11 is 1.64. The van der Waals surface area contributed by atoms with Crippen molar-refractivity contribution in [2.24, 2.45) is 5.92 Å². The molecule has 1 fully saturated rings. The van der Waals surface area contributed by atoms with E-state index in [9.17, 15) is 4.79 Å². The van der Waals surface area contributed by atoms with Crippen molar-refractivity contribution in [2.75, 3.05) is 18.0 Å². The van der Waals surface area contributed by atoms with Crippen LogP contribution in [0.4, 0.5) is 5.95 Å². The number of piperidine rings is 1. The lowest BCUT2D eigenvalue weighted by Crippen LogP contribution is -2.43. The van der Waals surface area contributed by atoms with Gasteiger partial charge in [-0.2, -0.15) is 0 Å². The first kappa shape index (κ1) is 18.6. The Morgan fingerprint density at radius 1 is 1.29 bits per heavy atom. The first-order valence-electron chi connectivity index (χ1n) is 9.50. The van der Waals surface area contributed by atoms with Crippen LogP contribution in [-0.2, 0) is 11.3 Å². The first-order valence-corrected chi connectivity index (χ1v) is 10.4. The predicted molar refractivity (Wildman–Crippen MR) is 111 cm³/mol. The van der Waals surface area contributed by atoms with Gasteiger partial charge in [0.1, 0.15) is 5.01 Å². The number of thiazole rings is 1. The number of hydrogen-bond donors (Lipinski definition) is 1. The van der Waals surface area contributed by atoms with Crippen LogP contribution >= 0.6 is 11.3 Å². The minimum atomic E-state index is -0.0395. The van der Waals surface area contributed by atoms with Gasteiger partial charge in [0, 0.05) is 48.7 Å². The Morgan fingerprint density at radius 2 is 2.14 bits per heavy atom. The molecule has 0 bridgehead atoms. The van der Waals surface area contributed by atoms with Gasteiger partial charge in [-0.25, -0.2) is 15.0 Å². The van der Waals surface area contributed by atoms with Gasteiger partial charge in [0.25, 0.3) is 0 Å². The Labute approximate surface area is 168 Å². The van der Waals surface area contributed by atoms with Gasteiger partial charge < -0.3 is 10.2 Å². The van der Waals surface area contributed by atoms with Crippen LogP contribution in [0, 0.1) is 12.8 Å². The van der Waals surface area contributed by atoms with Crippen molar-refractivity contribution in [1.82, 2.24) is 20.3 Å². The van der Waals surface area contributed by atoms with E-state index in [0.717, 1.165) is 41.2 Å². The topological polar surface area (TPSA) is 71.0 Å². The van der Waals surface area contributed by atoms with E-state index in [1.807, 2.05) is 19.1 Å². The minimum Gasteiger partial charge on any atom is -0.352 e. The largest absolute Gasteiger partial charge is 0.352 e. The summed E-state index contributed by atoms with van der Waals surface area (Å²) in [6, 6.07) is 10.0. The van der Waals surface area contributed by atoms with Crippen LogP contribution in [-0.4, -0.2) is 33.9 Å². The van der Waals surface area contributed by atoms with Crippen molar-refractivity contribution >= 4 is 23.2 Å². The Balaban J connectivity index is 1.36. The van der Waals surface area contributed by atoms with Gasteiger partial charge in [-0.3, -0.25) is 4.79 Å². The Hall–Kier alpha value is -2.80. The number of amides is 1. The van der Waals surface area contributed by atoms with Gasteiger partial charge in [0.15, 0.2) is 0 Å². The standard InChI is InChI=1S/C21H23N5OS/c1-15-14-28-20(25-15)17-6-2-5-16(11-17)12-24-19(27)18-7-3-10-26(13-18)21-22-8-4-9-23-21/h2,4-6,8-9,11,14,18H,3,7,10,12-13H2,1H3,(H,24,27)/t18-/m1/s1. The highest BCUT2D eigenvalue weighted by Gasteiger charge is 2.26. The molecule has 1 amide bonds. The van der Waals surface area contributed by atoms with E-state index in [2.05, 4.69) is 42.7 Å². The van der Waals surface area contributed by atoms with Crippen LogP contribution in [0.2, 0.25) is 0 Å². The molecule has 0 saturated carbocycles. The Kier molecular flexibility index (Phi) is 5.62. The molecule has 3 heterocycles. The van der Waals surface area contributed by atoms with Crippen molar-refractivity contribution in [3.05, 3.63) is 59.4 Å². The van der Waals surface area contributed by atoms with Crippen molar-refractivity contribution in [3.8, 4) is 10.6 Å². The van der Waals surface area contributed by atoms with E-state index in [4.69, 9.17) is 0 Å². The second-order valence-corrected chi connectivity index (χ2v) is 7.90. The quantitative estimate of drug-likeness (QED) is 0.719. The monoisotopic (exact) mass is 393 g/mol. The second kappa shape index (κ2) is 8.48. The zero-order valence-electron chi connectivity index (χ0n) is 15.8. The first-order chi connectivity index (χ1) is 13.7. The molecule has 1 aliphatic heterocycles. The lowest BCUT2D eigenvalue weighted by Gasteiger charge is -2.31. The number of nitrogens with one attached hydrogen (secondary N) is 1. The molecule has 3 aromatic rings. The molecule has 2 aromatic heterocycles. The lowest BCUT2D eigenvalue weighted by molar-refractivity contribution is -0.125. The molecule has 1 N–H and O–H groups in total. The number of anilines is 1. The molecule has 28 heavy (non-hydrogen) atoms. The molecule has 0 spiro atoms. The Morgan fingerprint density at radius 3 is 2.93 bits per heavy atom. The van der Waals surface area contributed by atoms with Crippen LogP contribution in [0.25, 0.3) is 10.6 Å². The number of carbonyl (C=O) groups is 1. The maximum Gasteiger partial charge on any atom is 0.225 e. The fourth-order valence-corrected chi connectivity index (χ4v) is 4.26. The zero-order valence-corrected chi connectivity index (χ0v) is 16.7. The zero-order chi connectivity index (χ0) is 19.3. The normalized spacial score (nSPS) is 16.8. The molecule has 1 saturated heterocycles. The molecule has 144 valence electrons. The molecule has 7 heteroatoms. The van der Waals surface area contributed by atoms with E-state index in [0.29, 0.717) is 19.0 Å². The van der Waals surface area contributed by atoms with Crippen molar-refractivity contribution < 1.29 is 4.79 Å². The van der Waals surface area contributed by atoms with Gasteiger partial charge in [-0.1, -0.05) is 18.2 Å². The molecule has 1 aromatic carbocycles.